The van der Waals surface area contributed by atoms with Crippen LogP contribution in [0.2, 0.25) is 0 Å². The van der Waals surface area contributed by atoms with Crippen LogP contribution in [0.3, 0.4) is 0 Å². The number of carbonyl (C=O) groups is 1. The van der Waals surface area contributed by atoms with Gasteiger partial charge in [-0.15, -0.1) is 0 Å². The molecule has 1 aromatic heterocycles. The van der Waals surface area contributed by atoms with Gasteiger partial charge in [0.15, 0.2) is 0 Å². The van der Waals surface area contributed by atoms with E-state index in [0.717, 1.165) is 42.8 Å². The van der Waals surface area contributed by atoms with Crippen LogP contribution in [0.15, 0.2) is 30.6 Å². The average Bonchev–Trinajstić information content (AvgIpc) is 3.06. The van der Waals surface area contributed by atoms with Crippen LogP contribution in [0.25, 0.3) is 0 Å². The lowest BCUT2D eigenvalue weighted by molar-refractivity contribution is -0.125. The van der Waals surface area contributed by atoms with Crippen LogP contribution in [0.4, 0.5) is 0 Å². The molecule has 1 aliphatic heterocycles. The number of aromatic amines is 1. The Balaban J connectivity index is 1.47. The van der Waals surface area contributed by atoms with Gasteiger partial charge in [0, 0.05) is 6.42 Å². The van der Waals surface area contributed by atoms with Gasteiger partial charge in [0.1, 0.15) is 17.9 Å². The number of amides is 1. The Morgan fingerprint density at radius 3 is 3.00 bits per heavy atom. The van der Waals surface area contributed by atoms with Gasteiger partial charge in [0.05, 0.1) is 12.1 Å². The van der Waals surface area contributed by atoms with Crippen LogP contribution < -0.4 is 10.1 Å². The Morgan fingerprint density at radius 1 is 1.39 bits per heavy atom. The molecular formula is C17H20N4O2. The van der Waals surface area contributed by atoms with Gasteiger partial charge < -0.3 is 10.1 Å². The molecule has 2 aliphatic rings. The van der Waals surface area contributed by atoms with Crippen LogP contribution in [-0.4, -0.2) is 27.7 Å². The van der Waals surface area contributed by atoms with Crippen molar-refractivity contribution >= 4 is 5.91 Å². The van der Waals surface area contributed by atoms with Crippen LogP contribution in [0, 0.1) is 0 Å². The topological polar surface area (TPSA) is 79.9 Å². The van der Waals surface area contributed by atoms with Crippen molar-refractivity contribution in [3.8, 4) is 5.75 Å². The molecule has 4 rings (SSSR count). The minimum atomic E-state index is -0.349. The molecule has 2 heterocycles. The van der Waals surface area contributed by atoms with Crippen molar-refractivity contribution in [2.45, 2.75) is 43.6 Å². The van der Waals surface area contributed by atoms with E-state index < -0.39 is 0 Å². The first-order valence-electron chi connectivity index (χ1n) is 8.15. The quantitative estimate of drug-likeness (QED) is 0.907. The third kappa shape index (κ3) is 2.58. The number of benzene rings is 1. The highest BCUT2D eigenvalue weighted by Gasteiger charge is 2.43. The van der Waals surface area contributed by atoms with Crippen molar-refractivity contribution in [3.05, 3.63) is 42.0 Å². The van der Waals surface area contributed by atoms with Gasteiger partial charge >= 0.3 is 0 Å². The Morgan fingerprint density at radius 2 is 2.26 bits per heavy atom. The molecule has 6 heteroatoms. The molecule has 0 bridgehead atoms. The maximum atomic E-state index is 12.6. The fraction of sp³-hybridized carbons (Fsp3) is 0.471. The number of hydrogen-bond donors (Lipinski definition) is 2. The summed E-state index contributed by atoms with van der Waals surface area (Å²) in [4.78, 5) is 16.9. The molecular weight excluding hydrogens is 292 g/mol. The second-order valence-corrected chi connectivity index (χ2v) is 6.39. The first-order chi connectivity index (χ1) is 11.3. The van der Waals surface area contributed by atoms with E-state index >= 15 is 0 Å². The fourth-order valence-electron chi connectivity index (χ4n) is 3.56. The summed E-state index contributed by atoms with van der Waals surface area (Å²) in [5.41, 5.74) is 0.786. The molecule has 0 unspecified atom stereocenters. The summed E-state index contributed by atoms with van der Waals surface area (Å²) in [7, 11) is 0. The number of aromatic nitrogens is 3. The summed E-state index contributed by atoms with van der Waals surface area (Å²) < 4.78 is 5.67. The number of hydrogen-bond acceptors (Lipinski definition) is 4. The summed E-state index contributed by atoms with van der Waals surface area (Å²) in [6.07, 6.45) is 5.78. The molecule has 23 heavy (non-hydrogen) atoms. The number of para-hydroxylation sites is 1. The van der Waals surface area contributed by atoms with E-state index in [-0.39, 0.29) is 17.4 Å². The summed E-state index contributed by atoms with van der Waals surface area (Å²) in [5.74, 6) is 1.96. The van der Waals surface area contributed by atoms with Gasteiger partial charge in [0.2, 0.25) is 5.91 Å². The lowest BCUT2D eigenvalue weighted by Crippen LogP contribution is -2.51. The van der Waals surface area contributed by atoms with E-state index in [2.05, 4.69) is 26.6 Å². The van der Waals surface area contributed by atoms with Crippen LogP contribution in [0.5, 0.6) is 5.75 Å². The summed E-state index contributed by atoms with van der Waals surface area (Å²) in [5, 5.41) is 10.0. The number of nitrogens with one attached hydrogen (secondary N) is 2. The third-order valence-electron chi connectivity index (χ3n) is 4.97. The Labute approximate surface area is 134 Å². The number of ether oxygens (including phenoxy) is 1. The second kappa shape index (κ2) is 5.68. The highest BCUT2D eigenvalue weighted by atomic mass is 16.5. The van der Waals surface area contributed by atoms with Gasteiger partial charge in [-0.2, -0.15) is 5.10 Å². The van der Waals surface area contributed by atoms with Gasteiger partial charge in [-0.05, 0) is 43.2 Å². The monoisotopic (exact) mass is 312 g/mol. The molecule has 0 radical (unpaired) electrons. The van der Waals surface area contributed by atoms with E-state index in [1.165, 1.54) is 6.33 Å². The first kappa shape index (κ1) is 14.2. The molecule has 1 amide bonds. The minimum Gasteiger partial charge on any atom is -0.493 e. The van der Waals surface area contributed by atoms with Crippen LogP contribution >= 0.6 is 0 Å². The Hall–Kier alpha value is -2.37. The summed E-state index contributed by atoms with van der Waals surface area (Å²) in [6.45, 7) is 0.669. The zero-order chi connectivity index (χ0) is 15.7. The largest absolute Gasteiger partial charge is 0.493 e. The van der Waals surface area contributed by atoms with Crippen molar-refractivity contribution < 1.29 is 9.53 Å². The number of rotatable bonds is 4. The van der Waals surface area contributed by atoms with Crippen molar-refractivity contribution in [2.75, 3.05) is 6.61 Å². The van der Waals surface area contributed by atoms with E-state index in [1.54, 1.807) is 0 Å². The molecule has 1 atom stereocenters. The number of carbonyl (C=O) groups excluding carboxylic acids is 1. The van der Waals surface area contributed by atoms with Crippen molar-refractivity contribution in [2.24, 2.45) is 0 Å². The van der Waals surface area contributed by atoms with E-state index in [9.17, 15) is 4.79 Å². The van der Waals surface area contributed by atoms with Gasteiger partial charge in [-0.1, -0.05) is 18.2 Å². The number of H-pyrrole nitrogens is 1. The summed E-state index contributed by atoms with van der Waals surface area (Å²) in [6, 6.07) is 8.00. The molecule has 6 nitrogen and oxygen atoms in total. The van der Waals surface area contributed by atoms with E-state index in [0.29, 0.717) is 13.0 Å². The predicted molar refractivity (Wildman–Crippen MR) is 84.0 cm³/mol. The average molecular weight is 312 g/mol. The standard InChI is InChI=1S/C17H20N4O2/c22-15(20-17(7-3-8-17)16-18-11-19-21-16)10-12-6-9-23-14-5-2-1-4-13(12)14/h1-2,4-5,11-12H,3,6-10H2,(H,20,22)(H,18,19,21)/t12-/m1/s1. The highest BCUT2D eigenvalue weighted by Crippen LogP contribution is 2.40. The van der Waals surface area contributed by atoms with E-state index in [1.807, 2.05) is 18.2 Å². The zero-order valence-corrected chi connectivity index (χ0v) is 12.9. The van der Waals surface area contributed by atoms with Crippen molar-refractivity contribution in [1.29, 1.82) is 0 Å². The SMILES string of the molecule is O=C(C[C@H]1CCOc2ccccc21)NC1(c2ncn[nH]2)CCC1. The maximum absolute atomic E-state index is 12.6. The smallest absolute Gasteiger partial charge is 0.221 e. The Bertz CT molecular complexity index is 694. The van der Waals surface area contributed by atoms with Crippen LogP contribution in [0.1, 0.15) is 49.4 Å². The Kier molecular flexibility index (Phi) is 3.52. The lowest BCUT2D eigenvalue weighted by Gasteiger charge is -2.40. The lowest BCUT2D eigenvalue weighted by atomic mass is 9.75. The molecule has 0 spiro atoms. The molecule has 0 saturated heterocycles. The molecule has 1 aromatic carbocycles. The van der Waals surface area contributed by atoms with Gasteiger partial charge in [-0.25, -0.2) is 4.98 Å². The highest BCUT2D eigenvalue weighted by molar-refractivity contribution is 5.78. The zero-order valence-electron chi connectivity index (χ0n) is 12.9. The van der Waals surface area contributed by atoms with Gasteiger partial charge in [-0.3, -0.25) is 9.89 Å². The number of nitrogens with zero attached hydrogens (tertiary/aromatic N) is 2. The maximum Gasteiger partial charge on any atom is 0.221 e. The molecule has 2 N–H and O–H groups in total. The molecule has 1 saturated carbocycles. The predicted octanol–water partition coefficient (Wildman–Crippen LogP) is 2.26. The summed E-state index contributed by atoms with van der Waals surface area (Å²) >= 11 is 0. The molecule has 120 valence electrons. The second-order valence-electron chi connectivity index (χ2n) is 6.39. The van der Waals surface area contributed by atoms with Crippen molar-refractivity contribution in [3.63, 3.8) is 0 Å². The minimum absolute atomic E-state index is 0.0720. The third-order valence-corrected chi connectivity index (χ3v) is 4.97. The van der Waals surface area contributed by atoms with E-state index in [4.69, 9.17) is 4.74 Å². The first-order valence-corrected chi connectivity index (χ1v) is 8.15. The molecule has 1 fully saturated rings. The fourth-order valence-corrected chi connectivity index (χ4v) is 3.56. The van der Waals surface area contributed by atoms with Crippen LogP contribution in [-0.2, 0) is 10.3 Å². The normalized spacial score (nSPS) is 21.7. The van der Waals surface area contributed by atoms with Crippen molar-refractivity contribution in [1.82, 2.24) is 20.5 Å². The number of fused-ring (bicyclic) bond motifs is 1. The molecule has 2 aromatic rings. The molecule has 1 aliphatic carbocycles. The van der Waals surface area contributed by atoms with Gasteiger partial charge in [0.25, 0.3) is 0 Å².